The van der Waals surface area contributed by atoms with Gasteiger partial charge in [0, 0.05) is 6.54 Å². The van der Waals surface area contributed by atoms with E-state index in [1.165, 1.54) is 0 Å². The third-order valence-electron chi connectivity index (χ3n) is 1.15. The van der Waals surface area contributed by atoms with Gasteiger partial charge in [0.15, 0.2) is 0 Å². The Kier molecular flexibility index (Phi) is 4.07. The summed E-state index contributed by atoms with van der Waals surface area (Å²) in [5.74, 6) is 0.276. The van der Waals surface area contributed by atoms with Gasteiger partial charge in [0.05, 0.1) is 0 Å². The van der Waals surface area contributed by atoms with Crippen LogP contribution in [0.1, 0.15) is 5.56 Å². The first-order valence-electron chi connectivity index (χ1n) is 2.81. The van der Waals surface area contributed by atoms with Crippen LogP contribution in [0.15, 0.2) is 24.3 Å². The van der Waals surface area contributed by atoms with E-state index >= 15 is 0 Å². The van der Waals surface area contributed by atoms with E-state index in [9.17, 15) is 0 Å². The monoisotopic (exact) mass is 203 g/mol. The first kappa shape index (κ1) is 9.46. The molecule has 0 aliphatic carbocycles. The molecule has 0 bridgehead atoms. The highest BCUT2D eigenvalue weighted by molar-refractivity contribution is 8.93. The van der Waals surface area contributed by atoms with Gasteiger partial charge in [0.2, 0.25) is 0 Å². The van der Waals surface area contributed by atoms with Crippen LogP contribution in [0.25, 0.3) is 0 Å². The molecule has 2 nitrogen and oxygen atoms in total. The van der Waals surface area contributed by atoms with E-state index in [1.807, 2.05) is 6.07 Å². The molecule has 0 aromatic heterocycles. The van der Waals surface area contributed by atoms with Gasteiger partial charge in [-0.15, -0.1) is 17.0 Å². The fraction of sp³-hybridized carbons (Fsp3) is 0.143. The fourth-order valence-electron chi connectivity index (χ4n) is 0.683. The molecule has 0 aliphatic heterocycles. The predicted octanol–water partition coefficient (Wildman–Crippen LogP) is 1.43. The highest BCUT2D eigenvalue weighted by Crippen LogP contribution is 2.09. The zero-order chi connectivity index (χ0) is 6.69. The fourth-order valence-corrected chi connectivity index (χ4v) is 0.683. The third-order valence-corrected chi connectivity index (χ3v) is 1.15. The average molecular weight is 204 g/mol. The summed E-state index contributed by atoms with van der Waals surface area (Å²) in [7, 11) is 0. The maximum atomic E-state index is 8.89. The molecule has 0 spiro atoms. The lowest BCUT2D eigenvalue weighted by Crippen LogP contribution is -1.94. The summed E-state index contributed by atoms with van der Waals surface area (Å²) in [6.07, 6.45) is 0. The largest absolute Gasteiger partial charge is 0.508 e. The number of hydrogen-bond donors (Lipinski definition) is 2. The molecule has 3 heteroatoms. The van der Waals surface area contributed by atoms with Crippen molar-refractivity contribution in [1.82, 2.24) is 0 Å². The quantitative estimate of drug-likeness (QED) is 0.726. The minimum Gasteiger partial charge on any atom is -0.508 e. The van der Waals surface area contributed by atoms with Crippen LogP contribution < -0.4 is 5.73 Å². The Bertz CT molecular complexity index is 203. The van der Waals surface area contributed by atoms with E-state index in [-0.39, 0.29) is 22.7 Å². The first-order valence-corrected chi connectivity index (χ1v) is 2.81. The number of hydrogen-bond acceptors (Lipinski definition) is 2. The average Bonchev–Trinajstić information content (AvgIpc) is 1.88. The van der Waals surface area contributed by atoms with Crippen molar-refractivity contribution in [3.05, 3.63) is 29.8 Å². The Morgan fingerprint density at radius 1 is 1.40 bits per heavy atom. The van der Waals surface area contributed by atoms with Crippen molar-refractivity contribution in [3.8, 4) is 5.75 Å². The van der Waals surface area contributed by atoms with Crippen LogP contribution >= 0.6 is 17.0 Å². The zero-order valence-electron chi connectivity index (χ0n) is 5.45. The predicted molar refractivity (Wildman–Crippen MR) is 46.3 cm³/mol. The van der Waals surface area contributed by atoms with E-state index in [0.29, 0.717) is 6.54 Å². The van der Waals surface area contributed by atoms with Crippen molar-refractivity contribution in [2.45, 2.75) is 6.54 Å². The molecule has 0 saturated carbocycles. The van der Waals surface area contributed by atoms with Gasteiger partial charge in [-0.1, -0.05) is 12.1 Å². The number of phenols is 1. The highest BCUT2D eigenvalue weighted by Gasteiger charge is 1.88. The Labute approximate surface area is 70.4 Å². The normalized spacial score (nSPS) is 8.50. The van der Waals surface area contributed by atoms with E-state index in [2.05, 4.69) is 0 Å². The molecule has 1 aromatic rings. The van der Waals surface area contributed by atoms with E-state index < -0.39 is 0 Å². The van der Waals surface area contributed by atoms with Gasteiger partial charge in [-0.2, -0.15) is 0 Å². The maximum absolute atomic E-state index is 8.89. The van der Waals surface area contributed by atoms with E-state index in [4.69, 9.17) is 10.8 Å². The van der Waals surface area contributed by atoms with Gasteiger partial charge >= 0.3 is 0 Å². The van der Waals surface area contributed by atoms with Crippen LogP contribution in [-0.4, -0.2) is 5.11 Å². The molecule has 3 N–H and O–H groups in total. The number of nitrogens with two attached hydrogens (primary N) is 1. The number of aromatic hydroxyl groups is 1. The van der Waals surface area contributed by atoms with Crippen LogP contribution in [0.4, 0.5) is 0 Å². The molecular weight excluding hydrogens is 194 g/mol. The van der Waals surface area contributed by atoms with Crippen molar-refractivity contribution in [2.75, 3.05) is 0 Å². The lowest BCUT2D eigenvalue weighted by molar-refractivity contribution is 0.474. The van der Waals surface area contributed by atoms with Crippen molar-refractivity contribution in [1.29, 1.82) is 0 Å². The minimum atomic E-state index is 0. The molecule has 0 saturated heterocycles. The summed E-state index contributed by atoms with van der Waals surface area (Å²) in [5.41, 5.74) is 6.26. The first-order chi connectivity index (χ1) is 4.33. The summed E-state index contributed by atoms with van der Waals surface area (Å²) >= 11 is 0. The molecule has 10 heavy (non-hydrogen) atoms. The molecular formula is C7H10BrNO. The van der Waals surface area contributed by atoms with Gasteiger partial charge in [0.1, 0.15) is 5.75 Å². The lowest BCUT2D eigenvalue weighted by Gasteiger charge is -1.94. The summed E-state index contributed by atoms with van der Waals surface area (Å²) in [4.78, 5) is 0. The molecule has 0 heterocycles. The Hall–Kier alpha value is -0.540. The summed E-state index contributed by atoms with van der Waals surface area (Å²) < 4.78 is 0. The molecule has 56 valence electrons. The van der Waals surface area contributed by atoms with Gasteiger partial charge in [-0.25, -0.2) is 0 Å². The topological polar surface area (TPSA) is 46.2 Å². The number of halogens is 1. The van der Waals surface area contributed by atoms with Crippen LogP contribution in [0.2, 0.25) is 0 Å². The maximum Gasteiger partial charge on any atom is 0.115 e. The second-order valence-corrected chi connectivity index (χ2v) is 1.87. The SMILES string of the molecule is Br.NCc1cccc(O)c1. The number of phenolic OH excluding ortho intramolecular Hbond substituents is 1. The Balaban J connectivity index is 0.000000810. The summed E-state index contributed by atoms with van der Waals surface area (Å²) in [5, 5.41) is 8.89. The molecule has 1 aromatic carbocycles. The van der Waals surface area contributed by atoms with Crippen molar-refractivity contribution < 1.29 is 5.11 Å². The Morgan fingerprint density at radius 2 is 2.10 bits per heavy atom. The van der Waals surface area contributed by atoms with Gasteiger partial charge in [-0.05, 0) is 17.7 Å². The zero-order valence-corrected chi connectivity index (χ0v) is 7.16. The Morgan fingerprint density at radius 3 is 2.50 bits per heavy atom. The van der Waals surface area contributed by atoms with Crippen LogP contribution in [0.5, 0.6) is 5.75 Å². The molecule has 0 fully saturated rings. The smallest absolute Gasteiger partial charge is 0.115 e. The highest BCUT2D eigenvalue weighted by atomic mass is 79.9. The molecule has 0 atom stereocenters. The second-order valence-electron chi connectivity index (χ2n) is 1.87. The van der Waals surface area contributed by atoms with Crippen molar-refractivity contribution >= 4 is 17.0 Å². The van der Waals surface area contributed by atoms with Crippen molar-refractivity contribution in [3.63, 3.8) is 0 Å². The van der Waals surface area contributed by atoms with Crippen molar-refractivity contribution in [2.24, 2.45) is 5.73 Å². The van der Waals surface area contributed by atoms with Gasteiger partial charge in [0.25, 0.3) is 0 Å². The van der Waals surface area contributed by atoms with Crippen LogP contribution in [-0.2, 0) is 6.54 Å². The molecule has 1 rings (SSSR count). The molecule has 0 unspecified atom stereocenters. The number of benzene rings is 1. The lowest BCUT2D eigenvalue weighted by atomic mass is 10.2. The third kappa shape index (κ3) is 2.37. The second kappa shape index (κ2) is 4.30. The molecule has 0 amide bonds. The van der Waals surface area contributed by atoms with E-state index in [1.54, 1.807) is 18.2 Å². The van der Waals surface area contributed by atoms with Crippen LogP contribution in [0, 0.1) is 0 Å². The summed E-state index contributed by atoms with van der Waals surface area (Å²) in [6.45, 7) is 0.481. The molecule has 0 aliphatic rings. The molecule has 0 radical (unpaired) electrons. The van der Waals surface area contributed by atoms with Gasteiger partial charge in [-0.3, -0.25) is 0 Å². The standard InChI is InChI=1S/C7H9NO.BrH/c8-5-6-2-1-3-7(9)4-6;/h1-4,9H,5,8H2;1H. The summed E-state index contributed by atoms with van der Waals surface area (Å²) in [6, 6.07) is 6.93. The van der Waals surface area contributed by atoms with E-state index in [0.717, 1.165) is 5.56 Å². The van der Waals surface area contributed by atoms with Gasteiger partial charge < -0.3 is 10.8 Å². The number of rotatable bonds is 1. The van der Waals surface area contributed by atoms with Crippen LogP contribution in [0.3, 0.4) is 0 Å². The minimum absolute atomic E-state index is 0.